The maximum atomic E-state index is 12.2. The van der Waals surface area contributed by atoms with Crippen LogP contribution in [0.3, 0.4) is 0 Å². The third kappa shape index (κ3) is 2.28. The molecule has 3 N–H and O–H groups in total. The van der Waals surface area contributed by atoms with Gasteiger partial charge in [-0.2, -0.15) is 0 Å². The van der Waals surface area contributed by atoms with Crippen molar-refractivity contribution in [3.05, 3.63) is 0 Å². The molecule has 0 bridgehead atoms. The van der Waals surface area contributed by atoms with Crippen LogP contribution in [-0.2, 0) is 4.79 Å². The molecule has 0 unspecified atom stereocenters. The molecule has 0 aliphatic heterocycles. The van der Waals surface area contributed by atoms with Gasteiger partial charge >= 0.3 is 0 Å². The number of nitrogens with zero attached hydrogens (tertiary/aromatic N) is 2. The van der Waals surface area contributed by atoms with E-state index >= 15 is 0 Å². The van der Waals surface area contributed by atoms with Crippen LogP contribution in [0, 0.1) is 5.41 Å². The summed E-state index contributed by atoms with van der Waals surface area (Å²) in [4.78, 5) is 13.8. The van der Waals surface area contributed by atoms with Crippen molar-refractivity contribution in [2.75, 3.05) is 14.1 Å². The molecule has 0 aromatic heterocycles. The molecule has 1 saturated carbocycles. The quantitative estimate of drug-likeness (QED) is 0.244. The lowest BCUT2D eigenvalue weighted by atomic mass is 9.78. The summed E-state index contributed by atoms with van der Waals surface area (Å²) in [6.45, 7) is 0. The van der Waals surface area contributed by atoms with Crippen molar-refractivity contribution in [2.45, 2.75) is 38.5 Å². The SMILES string of the molecule is CN(C)C(=O)C1(C(N)=NO)CCCCCC1. The lowest BCUT2D eigenvalue weighted by Gasteiger charge is -2.32. The summed E-state index contributed by atoms with van der Waals surface area (Å²) >= 11 is 0. The van der Waals surface area contributed by atoms with Crippen molar-refractivity contribution in [1.82, 2.24) is 4.90 Å². The van der Waals surface area contributed by atoms with Crippen LogP contribution in [-0.4, -0.2) is 35.9 Å². The number of nitrogens with two attached hydrogens (primary N) is 1. The van der Waals surface area contributed by atoms with E-state index in [0.29, 0.717) is 12.8 Å². The number of hydrogen-bond donors (Lipinski definition) is 2. The molecule has 5 nitrogen and oxygen atoms in total. The zero-order valence-electron chi connectivity index (χ0n) is 10.1. The third-order valence-corrected chi connectivity index (χ3v) is 3.37. The lowest BCUT2D eigenvalue weighted by molar-refractivity contribution is -0.136. The highest BCUT2D eigenvalue weighted by Gasteiger charge is 2.43. The van der Waals surface area contributed by atoms with Crippen LogP contribution in [0.2, 0.25) is 0 Å². The fourth-order valence-electron chi connectivity index (χ4n) is 2.44. The van der Waals surface area contributed by atoms with Gasteiger partial charge in [0.15, 0.2) is 5.84 Å². The highest BCUT2D eigenvalue weighted by Crippen LogP contribution is 2.36. The Labute approximate surface area is 96.3 Å². The van der Waals surface area contributed by atoms with E-state index in [1.165, 1.54) is 4.90 Å². The van der Waals surface area contributed by atoms with E-state index in [0.717, 1.165) is 25.7 Å². The van der Waals surface area contributed by atoms with Gasteiger partial charge in [-0.25, -0.2) is 0 Å². The molecule has 1 amide bonds. The number of carbonyl (C=O) groups is 1. The van der Waals surface area contributed by atoms with Crippen LogP contribution in [0.1, 0.15) is 38.5 Å². The minimum absolute atomic E-state index is 0.0512. The maximum Gasteiger partial charge on any atom is 0.236 e. The van der Waals surface area contributed by atoms with Gasteiger partial charge in [-0.1, -0.05) is 30.8 Å². The van der Waals surface area contributed by atoms with Crippen molar-refractivity contribution < 1.29 is 10.0 Å². The summed E-state index contributed by atoms with van der Waals surface area (Å²) in [5.74, 6) is 0.0119. The molecule has 0 aromatic carbocycles. The van der Waals surface area contributed by atoms with Gasteiger partial charge in [-0.05, 0) is 12.8 Å². The van der Waals surface area contributed by atoms with E-state index < -0.39 is 5.41 Å². The number of amides is 1. The summed E-state index contributed by atoms with van der Waals surface area (Å²) in [6, 6.07) is 0. The Bertz CT molecular complexity index is 279. The molecule has 0 spiro atoms. The second-order valence-electron chi connectivity index (χ2n) is 4.68. The summed E-state index contributed by atoms with van der Waals surface area (Å²) in [7, 11) is 3.42. The Hall–Kier alpha value is -1.26. The average molecular weight is 227 g/mol. The van der Waals surface area contributed by atoms with E-state index in [1.54, 1.807) is 14.1 Å². The van der Waals surface area contributed by atoms with Crippen LogP contribution in [0.4, 0.5) is 0 Å². The molecule has 0 heterocycles. The van der Waals surface area contributed by atoms with Crippen LogP contribution in [0.25, 0.3) is 0 Å². The topological polar surface area (TPSA) is 78.9 Å². The van der Waals surface area contributed by atoms with Crippen molar-refractivity contribution >= 4 is 11.7 Å². The minimum Gasteiger partial charge on any atom is -0.409 e. The Morgan fingerprint density at radius 2 is 1.75 bits per heavy atom. The molecule has 16 heavy (non-hydrogen) atoms. The second-order valence-corrected chi connectivity index (χ2v) is 4.68. The molecule has 0 saturated heterocycles. The van der Waals surface area contributed by atoms with Gasteiger partial charge in [0.1, 0.15) is 5.41 Å². The van der Waals surface area contributed by atoms with E-state index in [-0.39, 0.29) is 11.7 Å². The van der Waals surface area contributed by atoms with E-state index in [2.05, 4.69) is 5.16 Å². The van der Waals surface area contributed by atoms with E-state index in [1.807, 2.05) is 0 Å². The maximum absolute atomic E-state index is 12.2. The second kappa shape index (κ2) is 5.18. The molecule has 0 aromatic rings. The van der Waals surface area contributed by atoms with Crippen LogP contribution >= 0.6 is 0 Å². The normalized spacial score (nSPS) is 21.2. The number of amidine groups is 1. The highest BCUT2D eigenvalue weighted by atomic mass is 16.4. The number of hydrogen-bond acceptors (Lipinski definition) is 3. The largest absolute Gasteiger partial charge is 0.409 e. The van der Waals surface area contributed by atoms with Crippen molar-refractivity contribution in [3.8, 4) is 0 Å². The molecule has 1 aliphatic carbocycles. The van der Waals surface area contributed by atoms with Gasteiger partial charge in [0, 0.05) is 14.1 Å². The summed E-state index contributed by atoms with van der Waals surface area (Å²) < 4.78 is 0. The monoisotopic (exact) mass is 227 g/mol. The first-order chi connectivity index (χ1) is 7.54. The van der Waals surface area contributed by atoms with Gasteiger partial charge < -0.3 is 15.8 Å². The predicted molar refractivity (Wildman–Crippen MR) is 62.2 cm³/mol. The first-order valence-corrected chi connectivity index (χ1v) is 5.74. The molecular weight excluding hydrogens is 206 g/mol. The Balaban J connectivity index is 3.04. The minimum atomic E-state index is -0.783. The fourth-order valence-corrected chi connectivity index (χ4v) is 2.44. The Morgan fingerprint density at radius 1 is 1.25 bits per heavy atom. The summed E-state index contributed by atoms with van der Waals surface area (Å²) in [6.07, 6.45) is 5.49. The van der Waals surface area contributed by atoms with Crippen molar-refractivity contribution in [2.24, 2.45) is 16.3 Å². The van der Waals surface area contributed by atoms with Crippen LogP contribution in [0.5, 0.6) is 0 Å². The van der Waals surface area contributed by atoms with Crippen LogP contribution < -0.4 is 5.73 Å². The predicted octanol–water partition coefficient (Wildman–Crippen LogP) is 1.16. The van der Waals surface area contributed by atoms with Gasteiger partial charge in [-0.3, -0.25) is 4.79 Å². The molecule has 92 valence electrons. The first-order valence-electron chi connectivity index (χ1n) is 5.74. The van der Waals surface area contributed by atoms with E-state index in [4.69, 9.17) is 10.9 Å². The average Bonchev–Trinajstić information content (AvgIpc) is 2.53. The zero-order chi connectivity index (χ0) is 12.2. The Morgan fingerprint density at radius 3 is 2.12 bits per heavy atom. The van der Waals surface area contributed by atoms with Gasteiger partial charge in [-0.15, -0.1) is 0 Å². The van der Waals surface area contributed by atoms with Gasteiger partial charge in [0.25, 0.3) is 0 Å². The summed E-state index contributed by atoms with van der Waals surface area (Å²) in [5, 5.41) is 11.9. The standard InChI is InChI=1S/C11H21N3O2/c1-14(2)10(15)11(9(12)13-16)7-5-3-4-6-8-11/h16H,3-8H2,1-2H3,(H2,12,13). The molecule has 1 fully saturated rings. The summed E-state index contributed by atoms with van der Waals surface area (Å²) in [5.41, 5.74) is 4.96. The number of rotatable bonds is 2. The van der Waals surface area contributed by atoms with Crippen LogP contribution in [0.15, 0.2) is 5.16 Å². The van der Waals surface area contributed by atoms with E-state index in [9.17, 15) is 4.79 Å². The molecule has 0 radical (unpaired) electrons. The van der Waals surface area contributed by atoms with Gasteiger partial charge in [0.2, 0.25) is 5.91 Å². The Kier molecular flexibility index (Phi) is 4.15. The zero-order valence-corrected chi connectivity index (χ0v) is 10.1. The van der Waals surface area contributed by atoms with Crippen molar-refractivity contribution in [3.63, 3.8) is 0 Å². The molecule has 0 atom stereocenters. The molecule has 1 aliphatic rings. The number of carbonyl (C=O) groups excluding carboxylic acids is 1. The molecule has 5 heteroatoms. The lowest BCUT2D eigenvalue weighted by Crippen LogP contribution is -2.49. The molecular formula is C11H21N3O2. The highest BCUT2D eigenvalue weighted by molar-refractivity contribution is 6.06. The van der Waals surface area contributed by atoms with Crippen molar-refractivity contribution in [1.29, 1.82) is 0 Å². The fraction of sp³-hybridized carbons (Fsp3) is 0.818. The van der Waals surface area contributed by atoms with Gasteiger partial charge in [0.05, 0.1) is 0 Å². The third-order valence-electron chi connectivity index (χ3n) is 3.37. The molecule has 1 rings (SSSR count). The number of oxime groups is 1. The first kappa shape index (κ1) is 12.8. The smallest absolute Gasteiger partial charge is 0.236 e.